The number of aliphatic hydroxyl groups is 1. The number of aryl methyl sites for hydroxylation is 2. The zero-order valence-corrected chi connectivity index (χ0v) is 20.0. The van der Waals surface area contributed by atoms with Gasteiger partial charge in [0.2, 0.25) is 5.91 Å². The maximum Gasteiger partial charge on any atom is 0.417 e. The molecule has 2 saturated heterocycles. The maximum absolute atomic E-state index is 13.4. The highest BCUT2D eigenvalue weighted by atomic mass is 19.4. The molecule has 1 spiro atoms. The van der Waals surface area contributed by atoms with Gasteiger partial charge in [0.15, 0.2) is 0 Å². The number of rotatable bonds is 5. The van der Waals surface area contributed by atoms with E-state index in [1.807, 2.05) is 23.6 Å². The fourth-order valence-corrected chi connectivity index (χ4v) is 5.64. The van der Waals surface area contributed by atoms with E-state index in [4.69, 9.17) is 5.26 Å². The normalized spacial score (nSPS) is 19.9. The zero-order valence-electron chi connectivity index (χ0n) is 20.0. The number of nitrogens with one attached hydrogen (secondary N) is 1. The Kier molecular flexibility index (Phi) is 6.82. The van der Waals surface area contributed by atoms with Gasteiger partial charge in [-0.2, -0.15) is 23.5 Å². The number of H-pyrrole nitrogens is 1. The third-order valence-corrected chi connectivity index (χ3v) is 7.81. The molecule has 2 aliphatic heterocycles. The van der Waals surface area contributed by atoms with E-state index in [1.54, 1.807) is 12.1 Å². The van der Waals surface area contributed by atoms with Gasteiger partial charge in [0.1, 0.15) is 0 Å². The second-order valence-corrected chi connectivity index (χ2v) is 9.76. The summed E-state index contributed by atoms with van der Waals surface area (Å²) in [4.78, 5) is 16.7. The van der Waals surface area contributed by atoms with Crippen LogP contribution in [-0.2, 0) is 17.4 Å². The average molecular weight is 490 g/mol. The lowest BCUT2D eigenvalue weighted by Gasteiger charge is -2.43. The number of alkyl halides is 3. The number of halogens is 3. The first-order valence-electron chi connectivity index (χ1n) is 11.8. The number of aromatic amines is 1. The van der Waals surface area contributed by atoms with Crippen LogP contribution in [0.4, 0.5) is 18.9 Å². The van der Waals surface area contributed by atoms with Gasteiger partial charge in [0.05, 0.1) is 22.9 Å². The summed E-state index contributed by atoms with van der Waals surface area (Å²) in [6.45, 7) is 5.91. The quantitative estimate of drug-likeness (QED) is 0.669. The Bertz CT molecular complexity index is 1110. The van der Waals surface area contributed by atoms with E-state index in [0.29, 0.717) is 57.5 Å². The van der Waals surface area contributed by atoms with Crippen LogP contribution in [0.1, 0.15) is 47.3 Å². The molecule has 7 nitrogen and oxygen atoms in total. The molecule has 0 bridgehead atoms. The van der Waals surface area contributed by atoms with Crippen LogP contribution < -0.4 is 4.90 Å². The van der Waals surface area contributed by atoms with Gasteiger partial charge >= 0.3 is 6.18 Å². The van der Waals surface area contributed by atoms with Gasteiger partial charge in [-0.3, -0.25) is 9.89 Å². The molecule has 2 N–H and O–H groups in total. The molecule has 1 aromatic carbocycles. The molecule has 4 rings (SSSR count). The molecular weight excluding hydrogens is 459 g/mol. The van der Waals surface area contributed by atoms with Crippen LogP contribution in [0.5, 0.6) is 0 Å². The van der Waals surface area contributed by atoms with E-state index in [1.165, 1.54) is 6.07 Å². The number of carbonyl (C=O) groups excluding carboxylic acids is 1. The summed E-state index contributed by atoms with van der Waals surface area (Å²) < 4.78 is 40.2. The number of anilines is 1. The van der Waals surface area contributed by atoms with E-state index >= 15 is 0 Å². The molecule has 1 aromatic heterocycles. The first-order valence-corrected chi connectivity index (χ1v) is 11.8. The van der Waals surface area contributed by atoms with Gasteiger partial charge in [0.25, 0.3) is 0 Å². The van der Waals surface area contributed by atoms with E-state index in [-0.39, 0.29) is 29.4 Å². The van der Waals surface area contributed by atoms with Crippen LogP contribution in [0.25, 0.3) is 0 Å². The summed E-state index contributed by atoms with van der Waals surface area (Å²) in [6, 6.07) is 5.44. The molecule has 2 aromatic rings. The van der Waals surface area contributed by atoms with Crippen molar-refractivity contribution < 1.29 is 23.1 Å². The number of aliphatic hydroxyl groups excluding tert-OH is 1. The van der Waals surface area contributed by atoms with Crippen molar-refractivity contribution in [2.24, 2.45) is 11.3 Å². The molecule has 2 aliphatic rings. The number of amides is 1. The third-order valence-electron chi connectivity index (χ3n) is 7.81. The minimum absolute atomic E-state index is 0.0290. The first-order chi connectivity index (χ1) is 16.6. The summed E-state index contributed by atoms with van der Waals surface area (Å²) in [5.41, 5.74) is 1.79. The van der Waals surface area contributed by atoms with E-state index in [0.717, 1.165) is 23.0 Å². The fourth-order valence-electron chi connectivity index (χ4n) is 5.64. The van der Waals surface area contributed by atoms with Crippen molar-refractivity contribution >= 4 is 11.6 Å². The summed E-state index contributed by atoms with van der Waals surface area (Å²) in [7, 11) is 0. The Morgan fingerprint density at radius 2 is 2.03 bits per heavy atom. The molecule has 1 amide bonds. The number of hydrogen-bond acceptors (Lipinski definition) is 5. The highest BCUT2D eigenvalue weighted by molar-refractivity contribution is 5.77. The number of benzene rings is 1. The Labute approximate surface area is 202 Å². The highest BCUT2D eigenvalue weighted by Gasteiger charge is 2.49. The van der Waals surface area contributed by atoms with Crippen LogP contribution in [0.15, 0.2) is 18.2 Å². The number of nitriles is 1. The summed E-state index contributed by atoms with van der Waals surface area (Å²) in [5.74, 6) is -0.0117. The third kappa shape index (κ3) is 4.87. The zero-order chi connectivity index (χ0) is 25.4. The molecular formula is C25H30F3N5O2. The monoisotopic (exact) mass is 489 g/mol. The second-order valence-electron chi connectivity index (χ2n) is 9.76. The molecule has 3 heterocycles. The van der Waals surface area contributed by atoms with Crippen LogP contribution in [0.2, 0.25) is 0 Å². The predicted molar refractivity (Wildman–Crippen MR) is 124 cm³/mol. The van der Waals surface area contributed by atoms with Crippen molar-refractivity contribution in [1.29, 1.82) is 5.26 Å². The number of nitrogens with zero attached hydrogens (tertiary/aromatic N) is 4. The minimum atomic E-state index is -4.60. The molecule has 188 valence electrons. The van der Waals surface area contributed by atoms with Crippen LogP contribution in [0.3, 0.4) is 0 Å². The van der Waals surface area contributed by atoms with Crippen LogP contribution in [0, 0.1) is 36.5 Å². The smallest absolute Gasteiger partial charge is 0.396 e. The lowest BCUT2D eigenvalue weighted by molar-refractivity contribution is -0.137. The number of likely N-dealkylation sites (tertiary alicyclic amines) is 1. The maximum atomic E-state index is 13.4. The molecule has 10 heteroatoms. The Morgan fingerprint density at radius 3 is 2.60 bits per heavy atom. The van der Waals surface area contributed by atoms with Gasteiger partial charge in [-0.15, -0.1) is 0 Å². The standard InChI is InChI=1S/C25H30F3N5O2/c1-16-21(17(2)31-30-16)5-6-23(35)33-13-19(14-34)24(15-33)7-9-32(10-8-24)20-4-3-18(12-29)22(11-20)25(26,27)28/h3-4,11,19,34H,5-10,13-15H2,1-2H3,(H,30,31). The molecule has 1 atom stereocenters. The highest BCUT2D eigenvalue weighted by Crippen LogP contribution is 2.46. The fraction of sp³-hybridized carbons (Fsp3) is 0.560. The number of piperidine rings is 1. The van der Waals surface area contributed by atoms with Crippen molar-refractivity contribution in [2.45, 2.75) is 45.7 Å². The first kappa shape index (κ1) is 25.0. The molecule has 2 fully saturated rings. The van der Waals surface area contributed by atoms with Gasteiger partial charge in [-0.05, 0) is 62.3 Å². The van der Waals surface area contributed by atoms with Crippen molar-refractivity contribution in [1.82, 2.24) is 15.1 Å². The van der Waals surface area contributed by atoms with Gasteiger partial charge in [0, 0.05) is 56.5 Å². The van der Waals surface area contributed by atoms with Gasteiger partial charge in [-0.1, -0.05) is 0 Å². The summed E-state index contributed by atoms with van der Waals surface area (Å²) >= 11 is 0. The van der Waals surface area contributed by atoms with Crippen molar-refractivity contribution in [3.8, 4) is 6.07 Å². The lowest BCUT2D eigenvalue weighted by Crippen LogP contribution is -2.45. The van der Waals surface area contributed by atoms with Crippen molar-refractivity contribution in [2.75, 3.05) is 37.7 Å². The number of aromatic nitrogens is 2. The molecule has 0 saturated carbocycles. The molecule has 0 radical (unpaired) electrons. The van der Waals surface area contributed by atoms with Crippen molar-refractivity contribution in [3.05, 3.63) is 46.3 Å². The summed E-state index contributed by atoms with van der Waals surface area (Å²) in [6.07, 6.45) is -2.28. The topological polar surface area (TPSA) is 96.2 Å². The van der Waals surface area contributed by atoms with Gasteiger partial charge < -0.3 is 14.9 Å². The molecule has 1 unspecified atom stereocenters. The summed E-state index contributed by atoms with van der Waals surface area (Å²) in [5, 5.41) is 26.2. The Morgan fingerprint density at radius 1 is 1.31 bits per heavy atom. The average Bonchev–Trinajstić information content (AvgIpc) is 3.36. The van der Waals surface area contributed by atoms with Crippen LogP contribution in [-0.4, -0.2) is 58.9 Å². The van der Waals surface area contributed by atoms with Crippen LogP contribution >= 0.6 is 0 Å². The Balaban J connectivity index is 1.42. The van der Waals surface area contributed by atoms with Crippen molar-refractivity contribution in [3.63, 3.8) is 0 Å². The molecule has 35 heavy (non-hydrogen) atoms. The Hall–Kier alpha value is -3.06. The van der Waals surface area contributed by atoms with E-state index in [2.05, 4.69) is 10.2 Å². The minimum Gasteiger partial charge on any atom is -0.396 e. The van der Waals surface area contributed by atoms with Gasteiger partial charge in [-0.25, -0.2) is 0 Å². The number of carbonyl (C=O) groups is 1. The molecule has 0 aliphatic carbocycles. The second kappa shape index (κ2) is 9.53. The number of hydrogen-bond donors (Lipinski definition) is 2. The van der Waals surface area contributed by atoms with E-state index in [9.17, 15) is 23.1 Å². The van der Waals surface area contributed by atoms with E-state index < -0.39 is 11.7 Å². The SMILES string of the molecule is Cc1n[nH]c(C)c1CCC(=O)N1CC(CO)C2(CCN(c3ccc(C#N)c(C(F)(F)F)c3)CC2)C1. The largest absolute Gasteiger partial charge is 0.417 e. The predicted octanol–water partition coefficient (Wildman–Crippen LogP) is 3.59. The lowest BCUT2D eigenvalue weighted by atomic mass is 9.71.